The first-order chi connectivity index (χ1) is 17.4. The van der Waals surface area contributed by atoms with Gasteiger partial charge in [-0.05, 0) is 54.8 Å². The van der Waals surface area contributed by atoms with Crippen LogP contribution in [0.2, 0.25) is 5.02 Å². The summed E-state index contributed by atoms with van der Waals surface area (Å²) in [5.74, 6) is -2.04. The summed E-state index contributed by atoms with van der Waals surface area (Å²) < 4.78 is 5.23. The van der Waals surface area contributed by atoms with Crippen molar-refractivity contribution in [2.75, 3.05) is 17.3 Å². The second kappa shape index (κ2) is 8.18. The summed E-state index contributed by atoms with van der Waals surface area (Å²) in [5.41, 5.74) is 2.08. The number of fused-ring (bicyclic) bond motifs is 4. The normalized spacial score (nSPS) is 26.4. The van der Waals surface area contributed by atoms with E-state index in [0.29, 0.717) is 34.1 Å². The molecule has 3 amide bonds. The number of nitrogens with one attached hydrogen (secondary N) is 2. The van der Waals surface area contributed by atoms with Crippen molar-refractivity contribution in [3.05, 3.63) is 88.4 Å². The summed E-state index contributed by atoms with van der Waals surface area (Å²) in [5, 5.41) is 6.96. The molecule has 7 nitrogen and oxygen atoms in total. The molecule has 2 N–H and O–H groups in total. The summed E-state index contributed by atoms with van der Waals surface area (Å²) in [6, 6.07) is 19.7. The molecule has 3 heterocycles. The SMILES string of the molecule is COc1ccc(N2C(=O)[C@@H]3[C@H](Cc4ccccc4)N[C@]4(C(=O)Nc5c4ccc(Cl)c5C)[C@@H]3C2=O)cc1. The largest absolute Gasteiger partial charge is 0.497 e. The van der Waals surface area contributed by atoms with Gasteiger partial charge in [0.05, 0.1) is 30.3 Å². The lowest BCUT2D eigenvalue weighted by Gasteiger charge is -2.29. The lowest BCUT2D eigenvalue weighted by Crippen LogP contribution is -2.53. The van der Waals surface area contributed by atoms with Crippen molar-refractivity contribution < 1.29 is 19.1 Å². The molecule has 0 aromatic heterocycles. The van der Waals surface area contributed by atoms with E-state index in [9.17, 15) is 14.4 Å². The molecule has 6 rings (SSSR count). The van der Waals surface area contributed by atoms with E-state index in [1.54, 1.807) is 43.5 Å². The third kappa shape index (κ3) is 3.06. The van der Waals surface area contributed by atoms with Gasteiger partial charge in [0.1, 0.15) is 11.3 Å². The number of anilines is 2. The van der Waals surface area contributed by atoms with Gasteiger partial charge in [-0.1, -0.05) is 48.0 Å². The molecule has 3 aliphatic rings. The molecule has 0 radical (unpaired) electrons. The first kappa shape index (κ1) is 22.8. The highest BCUT2D eigenvalue weighted by Crippen LogP contribution is 2.55. The van der Waals surface area contributed by atoms with Crippen molar-refractivity contribution in [2.45, 2.75) is 24.9 Å². The summed E-state index contributed by atoms with van der Waals surface area (Å²) in [6.07, 6.45) is 0.494. The Kier molecular flexibility index (Phi) is 5.17. The maximum absolute atomic E-state index is 14.0. The maximum atomic E-state index is 14.0. The van der Waals surface area contributed by atoms with Gasteiger partial charge in [-0.3, -0.25) is 19.7 Å². The molecule has 0 bridgehead atoms. The Morgan fingerprint density at radius 1 is 0.972 bits per heavy atom. The van der Waals surface area contributed by atoms with Gasteiger partial charge in [0, 0.05) is 16.6 Å². The van der Waals surface area contributed by atoms with Gasteiger partial charge in [0.2, 0.25) is 17.7 Å². The third-order valence-electron chi connectivity index (χ3n) is 7.71. The zero-order valence-corrected chi connectivity index (χ0v) is 20.5. The van der Waals surface area contributed by atoms with Gasteiger partial charge >= 0.3 is 0 Å². The Labute approximate surface area is 213 Å². The van der Waals surface area contributed by atoms with Crippen LogP contribution in [0.5, 0.6) is 5.75 Å². The predicted molar refractivity (Wildman–Crippen MR) is 136 cm³/mol. The molecular formula is C28H24ClN3O4. The zero-order chi connectivity index (χ0) is 25.2. The number of carbonyl (C=O) groups excluding carboxylic acids is 3. The molecule has 8 heteroatoms. The standard InChI is InChI=1S/C28H24ClN3O4/c1-15-20(29)13-12-19-24(15)30-27(35)28(19)23-22(21(31-28)14-16-6-4-3-5-7-16)25(33)32(26(23)34)17-8-10-18(36-2)11-9-17/h3-13,21-23,31H,14H2,1-2H3,(H,30,35)/t21-,22+,23-,28-/m0/s1. The van der Waals surface area contributed by atoms with Crippen LogP contribution < -0.4 is 20.3 Å². The number of carbonyl (C=O) groups is 3. The van der Waals surface area contributed by atoms with Crippen LogP contribution >= 0.6 is 11.6 Å². The predicted octanol–water partition coefficient (Wildman–Crippen LogP) is 3.82. The fourth-order valence-electron chi connectivity index (χ4n) is 6.02. The van der Waals surface area contributed by atoms with Crippen molar-refractivity contribution in [1.29, 1.82) is 0 Å². The van der Waals surface area contributed by atoms with Crippen LogP contribution in [0.3, 0.4) is 0 Å². The van der Waals surface area contributed by atoms with E-state index >= 15 is 0 Å². The van der Waals surface area contributed by atoms with Crippen LogP contribution in [-0.4, -0.2) is 30.9 Å². The minimum absolute atomic E-state index is 0.313. The van der Waals surface area contributed by atoms with Gasteiger partial charge in [-0.15, -0.1) is 0 Å². The quantitative estimate of drug-likeness (QED) is 0.531. The van der Waals surface area contributed by atoms with Crippen LogP contribution in [0.15, 0.2) is 66.7 Å². The van der Waals surface area contributed by atoms with Crippen LogP contribution in [0.25, 0.3) is 0 Å². The molecule has 182 valence electrons. The first-order valence-corrected chi connectivity index (χ1v) is 12.2. The van der Waals surface area contributed by atoms with Crippen molar-refractivity contribution in [1.82, 2.24) is 5.32 Å². The van der Waals surface area contributed by atoms with Gasteiger partial charge in [-0.2, -0.15) is 0 Å². The Hall–Kier alpha value is -3.68. The number of amides is 3. The molecule has 2 saturated heterocycles. The van der Waals surface area contributed by atoms with Crippen molar-refractivity contribution >= 4 is 40.7 Å². The Morgan fingerprint density at radius 3 is 2.39 bits per heavy atom. The smallest absolute Gasteiger partial charge is 0.250 e. The van der Waals surface area contributed by atoms with E-state index in [0.717, 1.165) is 11.1 Å². The summed E-state index contributed by atoms with van der Waals surface area (Å²) in [4.78, 5) is 42.9. The molecule has 0 aliphatic carbocycles. The number of imide groups is 1. The van der Waals surface area contributed by atoms with Crippen molar-refractivity contribution in [3.63, 3.8) is 0 Å². The number of benzene rings is 3. The number of methoxy groups -OCH3 is 1. The van der Waals surface area contributed by atoms with E-state index < -0.39 is 29.3 Å². The van der Waals surface area contributed by atoms with Gasteiger partial charge in [0.15, 0.2) is 0 Å². The minimum Gasteiger partial charge on any atom is -0.497 e. The van der Waals surface area contributed by atoms with Gasteiger partial charge in [0.25, 0.3) is 0 Å². The maximum Gasteiger partial charge on any atom is 0.250 e. The average molecular weight is 502 g/mol. The topological polar surface area (TPSA) is 87.7 Å². The van der Waals surface area contributed by atoms with E-state index in [4.69, 9.17) is 16.3 Å². The monoisotopic (exact) mass is 501 g/mol. The number of halogens is 1. The van der Waals surface area contributed by atoms with Crippen LogP contribution in [0.4, 0.5) is 11.4 Å². The van der Waals surface area contributed by atoms with Crippen LogP contribution in [0.1, 0.15) is 16.7 Å². The van der Waals surface area contributed by atoms with Crippen LogP contribution in [0, 0.1) is 18.8 Å². The van der Waals surface area contributed by atoms with E-state index in [-0.39, 0.29) is 11.8 Å². The van der Waals surface area contributed by atoms with E-state index in [2.05, 4.69) is 10.6 Å². The highest BCUT2D eigenvalue weighted by atomic mass is 35.5. The van der Waals surface area contributed by atoms with Gasteiger partial charge < -0.3 is 10.1 Å². The molecule has 0 saturated carbocycles. The number of hydrogen-bond donors (Lipinski definition) is 2. The number of rotatable bonds is 4. The Morgan fingerprint density at radius 2 is 1.69 bits per heavy atom. The van der Waals surface area contributed by atoms with Crippen molar-refractivity contribution in [3.8, 4) is 5.75 Å². The lowest BCUT2D eigenvalue weighted by molar-refractivity contribution is -0.130. The number of hydrogen-bond acceptors (Lipinski definition) is 5. The third-order valence-corrected chi connectivity index (χ3v) is 8.12. The summed E-state index contributed by atoms with van der Waals surface area (Å²) in [6.45, 7) is 1.83. The minimum atomic E-state index is -1.37. The molecule has 3 aromatic rings. The second-order valence-electron chi connectivity index (χ2n) is 9.51. The highest BCUT2D eigenvalue weighted by Gasteiger charge is 2.70. The fourth-order valence-corrected chi connectivity index (χ4v) is 6.18. The van der Waals surface area contributed by atoms with E-state index in [1.165, 1.54) is 4.90 Å². The number of nitrogens with zero attached hydrogens (tertiary/aromatic N) is 1. The molecule has 0 unspecified atom stereocenters. The van der Waals surface area contributed by atoms with Gasteiger partial charge in [-0.25, -0.2) is 4.90 Å². The Balaban J connectivity index is 1.50. The molecule has 3 aliphatic heterocycles. The van der Waals surface area contributed by atoms with E-state index in [1.807, 2.05) is 37.3 Å². The molecule has 2 fully saturated rings. The second-order valence-corrected chi connectivity index (χ2v) is 9.92. The van der Waals surface area contributed by atoms with Crippen LogP contribution in [-0.2, 0) is 26.3 Å². The number of ether oxygens (including phenoxy) is 1. The first-order valence-electron chi connectivity index (χ1n) is 11.8. The highest BCUT2D eigenvalue weighted by molar-refractivity contribution is 6.32. The fraction of sp³-hybridized carbons (Fsp3) is 0.250. The lowest BCUT2D eigenvalue weighted by atomic mass is 9.76. The molecule has 3 aromatic carbocycles. The molecule has 36 heavy (non-hydrogen) atoms. The summed E-state index contributed by atoms with van der Waals surface area (Å²) >= 11 is 6.35. The molecular weight excluding hydrogens is 478 g/mol. The zero-order valence-electron chi connectivity index (χ0n) is 19.7. The summed E-state index contributed by atoms with van der Waals surface area (Å²) in [7, 11) is 1.56. The average Bonchev–Trinajstić information content (AvgIpc) is 3.47. The molecule has 4 atom stereocenters. The Bertz CT molecular complexity index is 1410. The molecule has 1 spiro atoms. The van der Waals surface area contributed by atoms with Crippen molar-refractivity contribution in [2.24, 2.45) is 11.8 Å².